The van der Waals surface area contributed by atoms with Gasteiger partial charge >= 0.3 is 0 Å². The lowest BCUT2D eigenvalue weighted by atomic mass is 10.0. The van der Waals surface area contributed by atoms with Crippen LogP contribution in [0.1, 0.15) is 49.2 Å². The molecule has 6 nitrogen and oxygen atoms in total. The van der Waals surface area contributed by atoms with E-state index in [4.69, 9.17) is 4.42 Å². The molecule has 3 heterocycles. The lowest BCUT2D eigenvalue weighted by Gasteiger charge is -2.38. The van der Waals surface area contributed by atoms with Crippen molar-refractivity contribution in [2.75, 3.05) is 18.0 Å². The van der Waals surface area contributed by atoms with E-state index >= 15 is 0 Å². The smallest absolute Gasteiger partial charge is 0.247 e. The Morgan fingerprint density at radius 2 is 1.69 bits per heavy atom. The molecule has 6 heteroatoms. The van der Waals surface area contributed by atoms with Crippen molar-refractivity contribution in [2.45, 2.75) is 38.6 Å². The Bertz CT molecular complexity index is 1310. The Labute approximate surface area is 211 Å². The molecule has 0 bridgehead atoms. The summed E-state index contributed by atoms with van der Waals surface area (Å²) in [6, 6.07) is 25.2. The van der Waals surface area contributed by atoms with Crippen LogP contribution < -0.4 is 4.90 Å². The Kier molecular flexibility index (Phi) is 7.03. The number of furan rings is 1. The summed E-state index contributed by atoms with van der Waals surface area (Å²) < 4.78 is 7.92. The van der Waals surface area contributed by atoms with Crippen LogP contribution in [-0.4, -0.2) is 34.4 Å². The summed E-state index contributed by atoms with van der Waals surface area (Å²) in [6.45, 7) is 2.68. The van der Waals surface area contributed by atoms with Crippen LogP contribution in [0.15, 0.2) is 95.7 Å². The highest BCUT2D eigenvalue weighted by atomic mass is 16.3. The molecule has 0 fully saturated rings. The second-order valence-corrected chi connectivity index (χ2v) is 9.13. The molecule has 5 rings (SSSR count). The van der Waals surface area contributed by atoms with E-state index in [1.54, 1.807) is 16.1 Å². The van der Waals surface area contributed by atoms with Gasteiger partial charge in [0.1, 0.15) is 18.3 Å². The Balaban J connectivity index is 1.43. The number of carbonyl (C=O) groups excluding carboxylic acids is 2. The van der Waals surface area contributed by atoms with E-state index < -0.39 is 6.04 Å². The normalized spacial score (nSPS) is 14.2. The van der Waals surface area contributed by atoms with Gasteiger partial charge in [0.2, 0.25) is 11.8 Å². The molecule has 184 valence electrons. The third kappa shape index (κ3) is 4.71. The number of carbonyl (C=O) groups is 2. The highest BCUT2D eigenvalue weighted by Gasteiger charge is 2.38. The molecule has 0 radical (unpaired) electrons. The van der Waals surface area contributed by atoms with Crippen molar-refractivity contribution in [3.63, 3.8) is 0 Å². The minimum atomic E-state index is -0.412. The van der Waals surface area contributed by atoms with Crippen molar-refractivity contribution in [1.82, 2.24) is 9.47 Å². The monoisotopic (exact) mass is 481 g/mol. The quantitative estimate of drug-likeness (QED) is 0.305. The number of aromatic nitrogens is 1. The molecular weight excluding hydrogens is 450 g/mol. The summed E-state index contributed by atoms with van der Waals surface area (Å²) in [5.41, 5.74) is 3.81. The van der Waals surface area contributed by atoms with Crippen molar-refractivity contribution in [2.24, 2.45) is 0 Å². The van der Waals surface area contributed by atoms with E-state index in [1.165, 1.54) is 0 Å². The van der Waals surface area contributed by atoms with Crippen LogP contribution in [-0.2, 0) is 16.0 Å². The Hall–Kier alpha value is -4.06. The lowest BCUT2D eigenvalue weighted by Crippen LogP contribution is -2.47. The first-order chi connectivity index (χ1) is 17.7. The summed E-state index contributed by atoms with van der Waals surface area (Å²) in [6.07, 6.45) is 6.48. The second-order valence-electron chi connectivity index (χ2n) is 9.13. The summed E-state index contributed by atoms with van der Waals surface area (Å²) in [5.74, 6) is 0.567. The molecule has 2 amide bonds. The molecule has 36 heavy (non-hydrogen) atoms. The van der Waals surface area contributed by atoms with Crippen molar-refractivity contribution in [1.29, 1.82) is 0 Å². The number of anilines is 1. The second kappa shape index (κ2) is 10.7. The van der Waals surface area contributed by atoms with Crippen LogP contribution >= 0.6 is 0 Å². The van der Waals surface area contributed by atoms with Gasteiger partial charge in [-0.15, -0.1) is 0 Å². The van der Waals surface area contributed by atoms with Crippen molar-refractivity contribution in [3.05, 3.63) is 108 Å². The first-order valence-electron chi connectivity index (χ1n) is 12.6. The van der Waals surface area contributed by atoms with Crippen LogP contribution in [0.5, 0.6) is 0 Å². The maximum absolute atomic E-state index is 14.0. The predicted octanol–water partition coefficient (Wildman–Crippen LogP) is 5.77. The van der Waals surface area contributed by atoms with E-state index in [2.05, 4.69) is 11.5 Å². The van der Waals surface area contributed by atoms with Crippen LogP contribution in [0.2, 0.25) is 0 Å². The molecule has 0 saturated carbocycles. The van der Waals surface area contributed by atoms with Gasteiger partial charge in [-0.05, 0) is 54.8 Å². The van der Waals surface area contributed by atoms with Crippen LogP contribution in [0.25, 0.3) is 5.69 Å². The van der Waals surface area contributed by atoms with Crippen LogP contribution in [0.3, 0.4) is 0 Å². The van der Waals surface area contributed by atoms with Crippen LogP contribution in [0.4, 0.5) is 5.69 Å². The van der Waals surface area contributed by atoms with E-state index in [0.29, 0.717) is 25.1 Å². The molecule has 0 N–H and O–H groups in total. The van der Waals surface area contributed by atoms with Gasteiger partial charge in [-0.3, -0.25) is 14.5 Å². The molecule has 2 aromatic carbocycles. The summed E-state index contributed by atoms with van der Waals surface area (Å²) >= 11 is 0. The number of hydrogen-bond donors (Lipinski definition) is 0. The maximum atomic E-state index is 14.0. The van der Waals surface area contributed by atoms with E-state index in [-0.39, 0.29) is 18.4 Å². The minimum Gasteiger partial charge on any atom is -0.467 e. The average Bonchev–Trinajstić information content (AvgIpc) is 3.62. The van der Waals surface area contributed by atoms with E-state index in [9.17, 15) is 9.59 Å². The number of fused-ring (bicyclic) bond motifs is 3. The van der Waals surface area contributed by atoms with Crippen LogP contribution in [0, 0.1) is 0 Å². The van der Waals surface area contributed by atoms with Gasteiger partial charge in [-0.1, -0.05) is 55.8 Å². The number of benzene rings is 2. The van der Waals surface area contributed by atoms with Gasteiger partial charge < -0.3 is 13.9 Å². The summed E-state index contributed by atoms with van der Waals surface area (Å²) in [4.78, 5) is 30.8. The topological polar surface area (TPSA) is 58.7 Å². The maximum Gasteiger partial charge on any atom is 0.247 e. The molecule has 4 aromatic rings. The van der Waals surface area contributed by atoms with Gasteiger partial charge in [0.15, 0.2) is 0 Å². The number of aryl methyl sites for hydroxylation is 1. The van der Waals surface area contributed by atoms with Crippen molar-refractivity contribution in [3.8, 4) is 5.69 Å². The van der Waals surface area contributed by atoms with Gasteiger partial charge in [-0.25, -0.2) is 0 Å². The van der Waals surface area contributed by atoms with E-state index in [0.717, 1.165) is 35.5 Å². The number of nitrogens with zero attached hydrogens (tertiary/aromatic N) is 3. The highest BCUT2D eigenvalue weighted by Crippen LogP contribution is 2.42. The number of unbranched alkanes of at least 4 members (excludes halogenated alkanes) is 1. The minimum absolute atomic E-state index is 0.00358. The Morgan fingerprint density at radius 1 is 0.917 bits per heavy atom. The predicted molar refractivity (Wildman–Crippen MR) is 140 cm³/mol. The molecule has 1 unspecified atom stereocenters. The standard InChI is InChI=1S/C30H31N3O3/c1-2-3-19-31(28(34)18-17-23-11-5-4-6-12-23)22-29(35)33-25-14-8-7-13-24(25)32-20-9-15-26(32)30(33)27-16-10-21-36-27/h4-16,20-21,30H,2-3,17-19,22H2,1H3. The molecule has 1 aliphatic rings. The number of amides is 2. The van der Waals surface area contributed by atoms with Crippen molar-refractivity contribution < 1.29 is 14.0 Å². The summed E-state index contributed by atoms with van der Waals surface area (Å²) in [5, 5.41) is 0. The lowest BCUT2D eigenvalue weighted by molar-refractivity contribution is -0.135. The van der Waals surface area contributed by atoms with Gasteiger partial charge in [0, 0.05) is 19.2 Å². The number of rotatable bonds is 9. The zero-order valence-corrected chi connectivity index (χ0v) is 20.5. The first kappa shape index (κ1) is 23.7. The third-order valence-electron chi connectivity index (χ3n) is 6.73. The van der Waals surface area contributed by atoms with Gasteiger partial charge in [-0.2, -0.15) is 0 Å². The van der Waals surface area contributed by atoms with Gasteiger partial charge in [0.25, 0.3) is 0 Å². The molecule has 1 atom stereocenters. The SMILES string of the molecule is CCCCN(CC(=O)N1c2ccccc2-n2cccc2C1c1ccco1)C(=O)CCc1ccccc1. The fourth-order valence-electron chi connectivity index (χ4n) is 4.91. The average molecular weight is 482 g/mol. The summed E-state index contributed by atoms with van der Waals surface area (Å²) in [7, 11) is 0. The molecule has 0 aliphatic carbocycles. The fourth-order valence-corrected chi connectivity index (χ4v) is 4.91. The largest absolute Gasteiger partial charge is 0.467 e. The first-order valence-corrected chi connectivity index (χ1v) is 12.6. The Morgan fingerprint density at radius 3 is 2.44 bits per heavy atom. The highest BCUT2D eigenvalue weighted by molar-refractivity contribution is 6.00. The molecule has 2 aromatic heterocycles. The van der Waals surface area contributed by atoms with Gasteiger partial charge in [0.05, 0.1) is 23.3 Å². The fraction of sp³-hybridized carbons (Fsp3) is 0.267. The zero-order valence-electron chi connectivity index (χ0n) is 20.5. The number of hydrogen-bond acceptors (Lipinski definition) is 3. The zero-order chi connectivity index (χ0) is 24.9. The molecular formula is C30H31N3O3. The molecule has 0 spiro atoms. The van der Waals surface area contributed by atoms with E-state index in [1.807, 2.05) is 85.1 Å². The van der Waals surface area contributed by atoms with Crippen molar-refractivity contribution >= 4 is 17.5 Å². The molecule has 0 saturated heterocycles. The third-order valence-corrected chi connectivity index (χ3v) is 6.73. The number of para-hydroxylation sites is 2. The molecule has 1 aliphatic heterocycles.